The Morgan fingerprint density at radius 2 is 1.00 bits per heavy atom. The maximum Gasteiger partial charge on any atom is 0.386 e. The molecule has 22 heavy (non-hydrogen) atoms. The van der Waals surface area contributed by atoms with Gasteiger partial charge in [-0.25, -0.2) is 19.4 Å². The fourth-order valence-electron chi connectivity index (χ4n) is 1.32. The van der Waals surface area contributed by atoms with Crippen LogP contribution in [0.5, 0.6) is 0 Å². The number of thiocarbonyl (C=S) groups is 1. The van der Waals surface area contributed by atoms with E-state index in [1.54, 1.807) is 60.7 Å². The number of carbonyl (C=O) groups excluding carboxylic acids is 2. The topological polar surface area (TPSA) is 105 Å². The van der Waals surface area contributed by atoms with E-state index in [0.717, 1.165) is 0 Å². The summed E-state index contributed by atoms with van der Waals surface area (Å²) < 4.78 is 0. The van der Waals surface area contributed by atoms with Crippen molar-refractivity contribution in [2.75, 3.05) is 0 Å². The van der Waals surface area contributed by atoms with Crippen LogP contribution in [0.1, 0.15) is 20.7 Å². The summed E-state index contributed by atoms with van der Waals surface area (Å²) in [5, 5.41) is 0.000000000000000222. The molecule has 7 heteroatoms. The van der Waals surface area contributed by atoms with Crippen LogP contribution in [-0.2, 0) is 9.78 Å². The van der Waals surface area contributed by atoms with Crippen molar-refractivity contribution in [2.45, 2.75) is 0 Å². The van der Waals surface area contributed by atoms with E-state index in [1.807, 2.05) is 0 Å². The number of hydrogen-bond acceptors (Lipinski definition) is 5. The van der Waals surface area contributed by atoms with Crippen LogP contribution < -0.4 is 11.5 Å². The third-order valence-electron chi connectivity index (χ3n) is 2.21. The van der Waals surface area contributed by atoms with Gasteiger partial charge in [-0.05, 0) is 36.5 Å². The van der Waals surface area contributed by atoms with E-state index < -0.39 is 11.9 Å². The van der Waals surface area contributed by atoms with Crippen molar-refractivity contribution >= 4 is 29.3 Å². The van der Waals surface area contributed by atoms with E-state index in [2.05, 4.69) is 33.5 Å². The predicted octanol–water partition coefficient (Wildman–Crippen LogP) is 1.80. The molecule has 0 fully saturated rings. The fraction of sp³-hybridized carbons (Fsp3) is 0. The fourth-order valence-corrected chi connectivity index (χ4v) is 1.32. The summed E-state index contributed by atoms with van der Waals surface area (Å²) in [6.07, 6.45) is 0. The maximum absolute atomic E-state index is 11.5. The Hall–Kier alpha value is -2.93. The van der Waals surface area contributed by atoms with Gasteiger partial charge in [0.15, 0.2) is 5.11 Å². The summed E-state index contributed by atoms with van der Waals surface area (Å²) in [5.74, 6) is -1.42. The number of nitrogens with two attached hydrogens (primary N) is 2. The second-order valence-electron chi connectivity index (χ2n) is 3.88. The molecular formula is C15H14N2O4S. The van der Waals surface area contributed by atoms with Gasteiger partial charge in [0, 0.05) is 0 Å². The van der Waals surface area contributed by atoms with Crippen LogP contribution in [0.2, 0.25) is 0 Å². The van der Waals surface area contributed by atoms with Gasteiger partial charge in [-0.2, -0.15) is 0 Å². The van der Waals surface area contributed by atoms with Crippen LogP contribution in [0.25, 0.3) is 0 Å². The molecule has 0 bridgehead atoms. The smallest absolute Gasteiger partial charge is 0.377 e. The Balaban J connectivity index is 0.000000541. The second kappa shape index (κ2) is 9.09. The quantitative estimate of drug-likeness (QED) is 0.494. The Labute approximate surface area is 132 Å². The van der Waals surface area contributed by atoms with E-state index in [4.69, 9.17) is 0 Å². The van der Waals surface area contributed by atoms with Crippen LogP contribution in [0.15, 0.2) is 60.7 Å². The average Bonchev–Trinajstić information content (AvgIpc) is 2.53. The number of hydrogen-bond donors (Lipinski definition) is 2. The molecule has 0 radical (unpaired) electrons. The summed E-state index contributed by atoms with van der Waals surface area (Å²) in [4.78, 5) is 31.9. The van der Waals surface area contributed by atoms with Gasteiger partial charge in [0.1, 0.15) is 0 Å². The first-order valence-corrected chi connectivity index (χ1v) is 6.49. The molecule has 2 rings (SSSR count). The largest absolute Gasteiger partial charge is 0.386 e. The van der Waals surface area contributed by atoms with Crippen molar-refractivity contribution in [3.05, 3.63) is 71.8 Å². The molecule has 0 heterocycles. The highest BCUT2D eigenvalue weighted by molar-refractivity contribution is 7.80. The zero-order chi connectivity index (χ0) is 16.4. The molecule has 0 atom stereocenters. The van der Waals surface area contributed by atoms with Crippen molar-refractivity contribution in [2.24, 2.45) is 11.5 Å². The Bertz CT molecular complexity index is 577. The molecule has 4 N–H and O–H groups in total. The molecule has 0 aliphatic rings. The van der Waals surface area contributed by atoms with Gasteiger partial charge < -0.3 is 11.5 Å². The lowest BCUT2D eigenvalue weighted by Gasteiger charge is -2.02. The van der Waals surface area contributed by atoms with Gasteiger partial charge >= 0.3 is 11.9 Å². The molecule has 0 spiro atoms. The summed E-state index contributed by atoms with van der Waals surface area (Å²) in [5.41, 5.74) is 9.88. The van der Waals surface area contributed by atoms with E-state index >= 15 is 0 Å². The minimum atomic E-state index is -0.708. The standard InChI is InChI=1S/C14H10O4.CH4N2S/c15-13(11-7-3-1-4-8-11)17-18-14(16)12-9-5-2-6-10-12;2-1(3)4/h1-10H;(H4,2,3,4). The van der Waals surface area contributed by atoms with E-state index in [9.17, 15) is 9.59 Å². The lowest BCUT2D eigenvalue weighted by molar-refractivity contribution is -0.187. The van der Waals surface area contributed by atoms with Gasteiger partial charge in [-0.3, -0.25) is 0 Å². The van der Waals surface area contributed by atoms with E-state index in [0.29, 0.717) is 11.1 Å². The first-order chi connectivity index (χ1) is 10.5. The van der Waals surface area contributed by atoms with Gasteiger partial charge in [0.05, 0.1) is 11.1 Å². The highest BCUT2D eigenvalue weighted by Crippen LogP contribution is 2.05. The predicted molar refractivity (Wildman–Crippen MR) is 84.7 cm³/mol. The molecular weight excluding hydrogens is 304 g/mol. The molecule has 0 aliphatic carbocycles. The molecule has 6 nitrogen and oxygen atoms in total. The van der Waals surface area contributed by atoms with Crippen molar-refractivity contribution in [1.82, 2.24) is 0 Å². The molecule has 2 aromatic carbocycles. The molecule has 114 valence electrons. The molecule has 0 unspecified atom stereocenters. The molecule has 0 saturated carbocycles. The van der Waals surface area contributed by atoms with Crippen LogP contribution in [0.3, 0.4) is 0 Å². The zero-order valence-electron chi connectivity index (χ0n) is 11.5. The van der Waals surface area contributed by atoms with Crippen molar-refractivity contribution in [3.8, 4) is 0 Å². The van der Waals surface area contributed by atoms with E-state index in [-0.39, 0.29) is 5.11 Å². The molecule has 0 aromatic heterocycles. The molecule has 0 amide bonds. The minimum absolute atomic E-state index is 0.000000000000000222. The zero-order valence-corrected chi connectivity index (χ0v) is 12.3. The van der Waals surface area contributed by atoms with E-state index in [1.165, 1.54) is 0 Å². The third kappa shape index (κ3) is 6.49. The minimum Gasteiger partial charge on any atom is -0.377 e. The van der Waals surface area contributed by atoms with Crippen molar-refractivity contribution < 1.29 is 19.4 Å². The normalized spacial score (nSPS) is 8.91. The molecule has 0 aliphatic heterocycles. The van der Waals surface area contributed by atoms with Gasteiger partial charge in [-0.1, -0.05) is 36.4 Å². The number of benzene rings is 2. The number of rotatable bonds is 2. The van der Waals surface area contributed by atoms with Crippen LogP contribution in [0, 0.1) is 0 Å². The molecule has 2 aromatic rings. The van der Waals surface area contributed by atoms with Crippen LogP contribution in [0.4, 0.5) is 0 Å². The van der Waals surface area contributed by atoms with Crippen LogP contribution in [-0.4, -0.2) is 17.1 Å². The Kier molecular flexibility index (Phi) is 7.07. The summed E-state index contributed by atoms with van der Waals surface area (Å²) in [7, 11) is 0. The number of carbonyl (C=O) groups is 2. The Morgan fingerprint density at radius 1 is 0.727 bits per heavy atom. The van der Waals surface area contributed by atoms with Crippen molar-refractivity contribution in [1.29, 1.82) is 0 Å². The monoisotopic (exact) mass is 318 g/mol. The highest BCUT2D eigenvalue weighted by atomic mass is 32.1. The summed E-state index contributed by atoms with van der Waals surface area (Å²) in [6.45, 7) is 0. The summed E-state index contributed by atoms with van der Waals surface area (Å²) >= 11 is 4.09. The first kappa shape index (κ1) is 17.1. The first-order valence-electron chi connectivity index (χ1n) is 6.09. The average molecular weight is 318 g/mol. The molecule has 0 saturated heterocycles. The third-order valence-corrected chi connectivity index (χ3v) is 2.21. The Morgan fingerprint density at radius 3 is 1.27 bits per heavy atom. The highest BCUT2D eigenvalue weighted by Gasteiger charge is 2.12. The van der Waals surface area contributed by atoms with Crippen molar-refractivity contribution in [3.63, 3.8) is 0 Å². The summed E-state index contributed by atoms with van der Waals surface area (Å²) in [6, 6.07) is 16.6. The second-order valence-corrected chi connectivity index (χ2v) is 4.35. The SMILES string of the molecule is NC(N)=S.O=C(OOC(=O)c1ccccc1)c1ccccc1. The van der Waals surface area contributed by atoms with Gasteiger partial charge in [-0.15, -0.1) is 0 Å². The van der Waals surface area contributed by atoms with Gasteiger partial charge in [0.2, 0.25) is 0 Å². The van der Waals surface area contributed by atoms with Gasteiger partial charge in [0.25, 0.3) is 0 Å². The lowest BCUT2D eigenvalue weighted by atomic mass is 10.2. The lowest BCUT2D eigenvalue weighted by Crippen LogP contribution is -2.18. The van der Waals surface area contributed by atoms with Crippen LogP contribution >= 0.6 is 12.2 Å². The maximum atomic E-state index is 11.5.